The molecule has 2 heterocycles. The molecule has 0 radical (unpaired) electrons. The number of hydrogen-bond acceptors (Lipinski definition) is 4. The molecule has 328 valence electrons. The zero-order valence-corrected chi connectivity index (χ0v) is 39.6. The first kappa shape index (κ1) is 40.5. The lowest BCUT2D eigenvalue weighted by Crippen LogP contribution is -2.14. The molecule has 0 atom stereocenters. The molecule has 2 nitrogen and oxygen atoms in total. The van der Waals surface area contributed by atoms with Crippen molar-refractivity contribution in [1.82, 2.24) is 0 Å². The molecule has 0 fully saturated rings. The van der Waals surface area contributed by atoms with Crippen LogP contribution in [0.2, 0.25) is 0 Å². The molecule has 14 rings (SSSR count). The van der Waals surface area contributed by atoms with Crippen LogP contribution in [0.1, 0.15) is 0 Å². The van der Waals surface area contributed by atoms with Gasteiger partial charge in [-0.1, -0.05) is 182 Å². The third-order valence-electron chi connectivity index (χ3n) is 14.0. The molecule has 0 spiro atoms. The van der Waals surface area contributed by atoms with Crippen molar-refractivity contribution >= 4 is 129 Å². The SMILES string of the molecule is c1ccc(-c2cc(N(c3cccc4ccccc34)c3cccc4sc5ccccc5c34)c3cc(N(c4cccc5ccccc45)c4cccc5sc6ccccc6c45)c(-c4ccccc4)cc3c2)cc1. The molecule has 0 unspecified atom stereocenters. The fraction of sp³-hybridized carbons (Fsp3) is 0. The summed E-state index contributed by atoms with van der Waals surface area (Å²) in [5.74, 6) is 0. The van der Waals surface area contributed by atoms with Gasteiger partial charge in [-0.25, -0.2) is 0 Å². The van der Waals surface area contributed by atoms with Crippen molar-refractivity contribution in [3.05, 3.63) is 255 Å². The normalized spacial score (nSPS) is 11.7. The van der Waals surface area contributed by atoms with Crippen LogP contribution in [-0.4, -0.2) is 0 Å². The van der Waals surface area contributed by atoms with Crippen LogP contribution in [-0.2, 0) is 0 Å². The molecule has 0 bridgehead atoms. The van der Waals surface area contributed by atoms with Crippen LogP contribution >= 0.6 is 22.7 Å². The van der Waals surface area contributed by atoms with Gasteiger partial charge >= 0.3 is 0 Å². The molecule has 14 aromatic rings. The summed E-state index contributed by atoms with van der Waals surface area (Å²) in [4.78, 5) is 5.13. The quantitative estimate of drug-likeness (QED) is 0.150. The lowest BCUT2D eigenvalue weighted by atomic mass is 9.92. The Morgan fingerprint density at radius 3 is 1.23 bits per heavy atom. The van der Waals surface area contributed by atoms with Crippen LogP contribution in [0.4, 0.5) is 34.1 Å². The molecule has 0 saturated heterocycles. The average molecular weight is 927 g/mol. The Kier molecular flexibility index (Phi) is 9.61. The minimum absolute atomic E-state index is 1.10. The maximum atomic E-state index is 2.57. The summed E-state index contributed by atoms with van der Waals surface area (Å²) in [6, 6.07) is 94.3. The predicted molar refractivity (Wildman–Crippen MR) is 305 cm³/mol. The highest BCUT2D eigenvalue weighted by atomic mass is 32.1. The number of rotatable bonds is 8. The van der Waals surface area contributed by atoms with E-state index < -0.39 is 0 Å². The van der Waals surface area contributed by atoms with E-state index >= 15 is 0 Å². The van der Waals surface area contributed by atoms with Crippen LogP contribution in [0.3, 0.4) is 0 Å². The first-order valence-corrected chi connectivity index (χ1v) is 25.5. The summed E-state index contributed by atoms with van der Waals surface area (Å²) < 4.78 is 5.08. The summed E-state index contributed by atoms with van der Waals surface area (Å²) in [5, 5.41) is 12.1. The third kappa shape index (κ3) is 6.60. The molecule has 0 aliphatic rings. The van der Waals surface area contributed by atoms with Gasteiger partial charge in [0.05, 0.1) is 34.1 Å². The zero-order valence-electron chi connectivity index (χ0n) is 38.0. The van der Waals surface area contributed by atoms with Gasteiger partial charge < -0.3 is 9.80 Å². The van der Waals surface area contributed by atoms with Crippen LogP contribution in [0.25, 0.3) is 94.9 Å². The number of hydrogen-bond donors (Lipinski definition) is 0. The smallest absolute Gasteiger partial charge is 0.0555 e. The maximum absolute atomic E-state index is 2.57. The minimum Gasteiger partial charge on any atom is -0.309 e. The van der Waals surface area contributed by atoms with Gasteiger partial charge in [0, 0.05) is 62.1 Å². The predicted octanol–water partition coefficient (Wildman–Crippen LogP) is 20.2. The lowest BCUT2D eigenvalue weighted by Gasteiger charge is -2.32. The van der Waals surface area contributed by atoms with Crippen molar-refractivity contribution in [2.75, 3.05) is 9.80 Å². The lowest BCUT2D eigenvalue weighted by molar-refractivity contribution is 1.31. The van der Waals surface area contributed by atoms with Gasteiger partial charge in [0.2, 0.25) is 0 Å². The fourth-order valence-electron chi connectivity index (χ4n) is 10.9. The molecule has 0 amide bonds. The molecule has 70 heavy (non-hydrogen) atoms. The number of thiophene rings is 2. The van der Waals surface area contributed by atoms with E-state index in [1.54, 1.807) is 0 Å². The van der Waals surface area contributed by atoms with Gasteiger partial charge in [-0.3, -0.25) is 0 Å². The number of anilines is 6. The van der Waals surface area contributed by atoms with E-state index in [1.807, 2.05) is 22.7 Å². The Bertz CT molecular complexity index is 4310. The van der Waals surface area contributed by atoms with E-state index in [0.29, 0.717) is 0 Å². The largest absolute Gasteiger partial charge is 0.309 e. The topological polar surface area (TPSA) is 6.48 Å². The Balaban J connectivity index is 1.17. The Hall–Kier alpha value is -8.54. The average Bonchev–Trinajstić information content (AvgIpc) is 4.01. The molecule has 0 aliphatic heterocycles. The Labute approximate surface area is 413 Å². The zero-order chi connectivity index (χ0) is 46.1. The van der Waals surface area contributed by atoms with Crippen LogP contribution in [0.15, 0.2) is 255 Å². The van der Waals surface area contributed by atoms with Gasteiger partial charge in [0.25, 0.3) is 0 Å². The Morgan fingerprint density at radius 1 is 0.229 bits per heavy atom. The highest BCUT2D eigenvalue weighted by Gasteiger charge is 2.27. The van der Waals surface area contributed by atoms with Crippen molar-refractivity contribution in [2.24, 2.45) is 0 Å². The van der Waals surface area contributed by atoms with E-state index in [4.69, 9.17) is 0 Å². The van der Waals surface area contributed by atoms with E-state index in [0.717, 1.165) is 61.6 Å². The summed E-state index contributed by atoms with van der Waals surface area (Å²) in [6.07, 6.45) is 0. The van der Waals surface area contributed by atoms with Gasteiger partial charge in [-0.05, 0) is 106 Å². The second-order valence-electron chi connectivity index (χ2n) is 18.0. The molecule has 12 aromatic carbocycles. The second-order valence-corrected chi connectivity index (χ2v) is 20.1. The first-order chi connectivity index (χ1) is 34.7. The van der Waals surface area contributed by atoms with E-state index in [9.17, 15) is 0 Å². The maximum Gasteiger partial charge on any atom is 0.0555 e. The van der Waals surface area contributed by atoms with Gasteiger partial charge in [-0.15, -0.1) is 22.7 Å². The van der Waals surface area contributed by atoms with Crippen molar-refractivity contribution < 1.29 is 0 Å². The third-order valence-corrected chi connectivity index (χ3v) is 16.3. The van der Waals surface area contributed by atoms with Gasteiger partial charge in [0.15, 0.2) is 0 Å². The molecule has 0 N–H and O–H groups in total. The first-order valence-electron chi connectivity index (χ1n) is 23.8. The monoisotopic (exact) mass is 926 g/mol. The fourth-order valence-corrected chi connectivity index (χ4v) is 13.1. The van der Waals surface area contributed by atoms with E-state index in [2.05, 4.69) is 265 Å². The summed E-state index contributed by atoms with van der Waals surface area (Å²) in [6.45, 7) is 0. The number of fused-ring (bicyclic) bond motifs is 9. The highest BCUT2D eigenvalue weighted by molar-refractivity contribution is 7.26. The molecular weight excluding hydrogens is 885 g/mol. The van der Waals surface area contributed by atoms with Crippen molar-refractivity contribution in [3.63, 3.8) is 0 Å². The second kappa shape index (κ2) is 16.6. The van der Waals surface area contributed by atoms with Crippen molar-refractivity contribution in [1.29, 1.82) is 0 Å². The molecule has 0 aliphatic carbocycles. The van der Waals surface area contributed by atoms with E-state index in [1.165, 1.54) is 67.5 Å². The minimum atomic E-state index is 1.10. The number of benzene rings is 12. The van der Waals surface area contributed by atoms with E-state index in [-0.39, 0.29) is 0 Å². The standard InChI is InChI=1S/C66H42N2S2/c1-3-19-43(20-4-1)47-39-48-40-53(46-21-5-2-6-22-46)60(68(56-32-16-26-45-24-8-10-28-50(45)56)58-34-18-38-64-66(58)52-30-12-14-36-62(52)70-64)42-54(48)59(41-47)67(55-31-15-25-44-23-7-9-27-49(44)55)57-33-17-37-63-65(57)51-29-11-13-35-61(51)69-63/h1-42H. The van der Waals surface area contributed by atoms with Crippen LogP contribution in [0.5, 0.6) is 0 Å². The molecule has 2 aromatic heterocycles. The van der Waals surface area contributed by atoms with Gasteiger partial charge in [0.1, 0.15) is 0 Å². The Morgan fingerprint density at radius 2 is 0.657 bits per heavy atom. The molecule has 4 heteroatoms. The highest BCUT2D eigenvalue weighted by Crippen LogP contribution is 2.53. The van der Waals surface area contributed by atoms with Crippen molar-refractivity contribution in [3.8, 4) is 22.3 Å². The van der Waals surface area contributed by atoms with Crippen LogP contribution in [0, 0.1) is 0 Å². The molecular formula is C66H42N2S2. The molecule has 0 saturated carbocycles. The van der Waals surface area contributed by atoms with Crippen molar-refractivity contribution in [2.45, 2.75) is 0 Å². The summed E-state index contributed by atoms with van der Waals surface area (Å²) >= 11 is 3.72. The summed E-state index contributed by atoms with van der Waals surface area (Å²) in [7, 11) is 0. The van der Waals surface area contributed by atoms with Gasteiger partial charge in [-0.2, -0.15) is 0 Å². The number of nitrogens with zero attached hydrogens (tertiary/aromatic N) is 2. The summed E-state index contributed by atoms with van der Waals surface area (Å²) in [5.41, 5.74) is 11.4. The van der Waals surface area contributed by atoms with Crippen LogP contribution < -0.4 is 9.80 Å².